The topological polar surface area (TPSA) is 46.2 Å². The van der Waals surface area contributed by atoms with E-state index < -0.39 is 26.7 Å². The number of halogens is 4. The second-order valence-corrected chi connectivity index (χ2v) is 7.35. The lowest BCUT2D eigenvalue weighted by molar-refractivity contribution is -0.139. The van der Waals surface area contributed by atoms with E-state index >= 15 is 0 Å². The Morgan fingerprint density at radius 2 is 1.90 bits per heavy atom. The Kier molecular flexibility index (Phi) is 4.85. The van der Waals surface area contributed by atoms with Gasteiger partial charge in [0.15, 0.2) is 0 Å². The molecule has 0 spiro atoms. The summed E-state index contributed by atoms with van der Waals surface area (Å²) in [5, 5.41) is -0.134. The number of rotatable bonds is 4. The van der Waals surface area contributed by atoms with Crippen LogP contribution in [0.25, 0.3) is 0 Å². The van der Waals surface area contributed by atoms with Crippen LogP contribution in [0.1, 0.15) is 24.8 Å². The summed E-state index contributed by atoms with van der Waals surface area (Å²) >= 11 is 6.04. The molecule has 0 amide bonds. The normalized spacial score (nSPS) is 23.4. The summed E-state index contributed by atoms with van der Waals surface area (Å²) in [6, 6.07) is 4.14. The minimum Gasteiger partial charge on any atom is -0.211 e. The highest BCUT2D eigenvalue weighted by Crippen LogP contribution is 2.34. The molecule has 1 aromatic rings. The Morgan fingerprint density at radius 1 is 1.24 bits per heavy atom. The predicted octanol–water partition coefficient (Wildman–Crippen LogP) is 3.39. The summed E-state index contributed by atoms with van der Waals surface area (Å²) in [5.74, 6) is -0.0421. The molecule has 0 bridgehead atoms. The average molecular weight is 342 g/mol. The maximum atomic E-state index is 12.9. The number of hydrogen-bond acceptors (Lipinski definition) is 2. The maximum Gasteiger partial charge on any atom is 0.417 e. The molecule has 1 N–H and O–H groups in total. The molecule has 1 saturated carbocycles. The molecule has 3 nitrogen and oxygen atoms in total. The van der Waals surface area contributed by atoms with E-state index in [2.05, 4.69) is 4.72 Å². The Bertz CT molecular complexity index is 604. The Balaban J connectivity index is 2.20. The summed E-state index contributed by atoms with van der Waals surface area (Å²) < 4.78 is 65.1. The van der Waals surface area contributed by atoms with Crippen molar-refractivity contribution in [2.45, 2.75) is 35.7 Å². The first-order chi connectivity index (χ1) is 9.72. The lowest BCUT2D eigenvalue weighted by atomic mass is 10.1. The van der Waals surface area contributed by atoms with Gasteiger partial charge in [-0.2, -0.15) is 13.2 Å². The molecule has 0 aromatic heterocycles. The lowest BCUT2D eigenvalue weighted by Gasteiger charge is -2.17. The van der Waals surface area contributed by atoms with Crippen molar-refractivity contribution in [1.29, 1.82) is 0 Å². The van der Waals surface area contributed by atoms with Gasteiger partial charge in [0, 0.05) is 11.9 Å². The van der Waals surface area contributed by atoms with Gasteiger partial charge in [-0.05, 0) is 30.9 Å². The van der Waals surface area contributed by atoms with Gasteiger partial charge >= 0.3 is 6.18 Å². The minimum absolute atomic E-state index is 0.0421. The third-order valence-corrected chi connectivity index (χ3v) is 5.64. The minimum atomic E-state index is -4.71. The molecule has 0 saturated heterocycles. The Hall–Kier alpha value is -0.790. The molecule has 1 aliphatic rings. The van der Waals surface area contributed by atoms with E-state index in [-0.39, 0.29) is 17.8 Å². The highest BCUT2D eigenvalue weighted by atomic mass is 35.5. The summed E-state index contributed by atoms with van der Waals surface area (Å²) in [6.45, 7) is 0.0582. The predicted molar refractivity (Wildman–Crippen MR) is 73.6 cm³/mol. The van der Waals surface area contributed by atoms with Crippen LogP contribution in [-0.4, -0.2) is 20.3 Å². The molecule has 21 heavy (non-hydrogen) atoms. The van der Waals surface area contributed by atoms with Crippen molar-refractivity contribution in [2.24, 2.45) is 5.92 Å². The fraction of sp³-hybridized carbons (Fsp3) is 0.538. The smallest absolute Gasteiger partial charge is 0.211 e. The third-order valence-electron chi connectivity index (χ3n) is 3.58. The molecule has 1 fully saturated rings. The fourth-order valence-electron chi connectivity index (χ4n) is 2.45. The quantitative estimate of drug-likeness (QED) is 0.853. The van der Waals surface area contributed by atoms with Crippen molar-refractivity contribution < 1.29 is 21.6 Å². The van der Waals surface area contributed by atoms with Crippen LogP contribution in [0.4, 0.5) is 13.2 Å². The molecule has 0 radical (unpaired) electrons. The summed E-state index contributed by atoms with van der Waals surface area (Å²) in [6.07, 6.45) is -2.24. The van der Waals surface area contributed by atoms with Gasteiger partial charge in [0.1, 0.15) is 0 Å². The van der Waals surface area contributed by atoms with Crippen LogP contribution in [0.2, 0.25) is 0 Å². The average Bonchev–Trinajstić information content (AvgIpc) is 2.81. The van der Waals surface area contributed by atoms with Crippen molar-refractivity contribution in [3.05, 3.63) is 29.8 Å². The molecule has 2 unspecified atom stereocenters. The highest BCUT2D eigenvalue weighted by Gasteiger charge is 2.37. The van der Waals surface area contributed by atoms with Crippen molar-refractivity contribution in [2.75, 3.05) is 6.54 Å². The fourth-order valence-corrected chi connectivity index (χ4v) is 4.14. The van der Waals surface area contributed by atoms with Crippen molar-refractivity contribution in [3.63, 3.8) is 0 Å². The molecule has 8 heteroatoms. The third kappa shape index (κ3) is 3.90. The molecule has 1 aliphatic carbocycles. The van der Waals surface area contributed by atoms with Gasteiger partial charge in [-0.25, -0.2) is 13.1 Å². The summed E-state index contributed by atoms with van der Waals surface area (Å²) in [4.78, 5) is -0.749. The zero-order valence-electron chi connectivity index (χ0n) is 11.0. The highest BCUT2D eigenvalue weighted by molar-refractivity contribution is 7.89. The van der Waals surface area contributed by atoms with Crippen molar-refractivity contribution in [3.8, 4) is 0 Å². The second kappa shape index (κ2) is 6.14. The summed E-state index contributed by atoms with van der Waals surface area (Å²) in [7, 11) is -4.21. The van der Waals surface area contributed by atoms with Crippen LogP contribution >= 0.6 is 11.6 Å². The van der Waals surface area contributed by atoms with Crippen LogP contribution in [-0.2, 0) is 16.2 Å². The maximum absolute atomic E-state index is 12.9. The van der Waals surface area contributed by atoms with Crippen LogP contribution in [0, 0.1) is 5.92 Å². The van der Waals surface area contributed by atoms with E-state index in [0.717, 1.165) is 37.5 Å². The van der Waals surface area contributed by atoms with Gasteiger partial charge in [-0.1, -0.05) is 18.6 Å². The lowest BCUT2D eigenvalue weighted by Crippen LogP contribution is -2.32. The molecule has 2 atom stereocenters. The number of benzene rings is 1. The second-order valence-electron chi connectivity index (χ2n) is 5.05. The largest absolute Gasteiger partial charge is 0.417 e. The van der Waals surface area contributed by atoms with Gasteiger partial charge in [0.25, 0.3) is 0 Å². The van der Waals surface area contributed by atoms with Crippen molar-refractivity contribution in [1.82, 2.24) is 4.72 Å². The molecule has 2 rings (SSSR count). The first-order valence-corrected chi connectivity index (χ1v) is 8.44. The standard InChI is InChI=1S/C13H15ClF3NO2S/c14-11-6-3-4-9(11)8-18-21(19,20)12-7-2-1-5-10(12)13(15,16)17/h1-2,5,7,9,11,18H,3-4,6,8H2. The van der Waals surface area contributed by atoms with Gasteiger partial charge in [-0.3, -0.25) is 0 Å². The van der Waals surface area contributed by atoms with Crippen LogP contribution in [0.5, 0.6) is 0 Å². The Morgan fingerprint density at radius 3 is 2.48 bits per heavy atom. The number of sulfonamides is 1. The number of alkyl halides is 4. The first kappa shape index (κ1) is 16.6. The van der Waals surface area contributed by atoms with E-state index in [1.54, 1.807) is 0 Å². The molecule has 0 aliphatic heterocycles. The van der Waals surface area contributed by atoms with E-state index in [9.17, 15) is 21.6 Å². The van der Waals surface area contributed by atoms with E-state index in [4.69, 9.17) is 11.6 Å². The van der Waals surface area contributed by atoms with Crippen LogP contribution in [0.15, 0.2) is 29.2 Å². The SMILES string of the molecule is O=S(=O)(NCC1CCCC1Cl)c1ccccc1C(F)(F)F. The monoisotopic (exact) mass is 341 g/mol. The Labute approximate surface area is 126 Å². The molecule has 0 heterocycles. The number of nitrogens with one attached hydrogen (secondary N) is 1. The van der Waals surface area contributed by atoms with Crippen LogP contribution in [0.3, 0.4) is 0 Å². The molecular weight excluding hydrogens is 327 g/mol. The summed E-state index contributed by atoms with van der Waals surface area (Å²) in [5.41, 5.74) is -1.16. The van der Waals surface area contributed by atoms with Gasteiger partial charge in [0.2, 0.25) is 10.0 Å². The number of hydrogen-bond donors (Lipinski definition) is 1. The van der Waals surface area contributed by atoms with E-state index in [1.807, 2.05) is 0 Å². The van der Waals surface area contributed by atoms with Crippen molar-refractivity contribution >= 4 is 21.6 Å². The van der Waals surface area contributed by atoms with Gasteiger partial charge in [-0.15, -0.1) is 11.6 Å². The molecule has 118 valence electrons. The molecular formula is C13H15ClF3NO2S. The van der Waals surface area contributed by atoms with Gasteiger partial charge < -0.3 is 0 Å². The van der Waals surface area contributed by atoms with E-state index in [1.165, 1.54) is 6.07 Å². The van der Waals surface area contributed by atoms with E-state index in [0.29, 0.717) is 0 Å². The zero-order valence-corrected chi connectivity index (χ0v) is 12.6. The van der Waals surface area contributed by atoms with Crippen LogP contribution < -0.4 is 4.72 Å². The first-order valence-electron chi connectivity index (χ1n) is 6.52. The van der Waals surface area contributed by atoms with Gasteiger partial charge in [0.05, 0.1) is 10.5 Å². The molecule has 1 aromatic carbocycles. The zero-order chi connectivity index (χ0) is 15.7.